The number of nitrogens with zero attached hydrogens (tertiary/aromatic N) is 1. The normalized spacial score (nSPS) is 11.3. The molecule has 172 valence electrons. The molecule has 4 aromatic rings. The van der Waals surface area contributed by atoms with Crippen LogP contribution in [0, 0.1) is 10.1 Å². The number of esters is 1. The summed E-state index contributed by atoms with van der Waals surface area (Å²) in [4.78, 5) is 50.1. The van der Waals surface area contributed by atoms with Gasteiger partial charge in [-0.2, -0.15) is 0 Å². The van der Waals surface area contributed by atoms with Crippen LogP contribution in [0.3, 0.4) is 0 Å². The fourth-order valence-corrected chi connectivity index (χ4v) is 3.57. The van der Waals surface area contributed by atoms with Gasteiger partial charge in [-0.05, 0) is 18.2 Å². The lowest BCUT2D eigenvalue weighted by Gasteiger charge is -2.18. The maximum absolute atomic E-state index is 13.3. The maximum atomic E-state index is 13.3. The largest absolute Gasteiger partial charge is 0.445 e. The zero-order valence-electron chi connectivity index (χ0n) is 18.4. The van der Waals surface area contributed by atoms with Crippen molar-refractivity contribution in [2.45, 2.75) is 6.10 Å². The van der Waals surface area contributed by atoms with E-state index in [2.05, 4.69) is 0 Å². The Labute approximate surface area is 200 Å². The van der Waals surface area contributed by atoms with E-state index in [-0.39, 0.29) is 28.2 Å². The number of carbonyl (C=O) groups is 3. The number of nitro benzene ring substituents is 1. The number of ether oxygens (including phenoxy) is 1. The molecule has 0 unspecified atom stereocenters. The Bertz CT molecular complexity index is 1380. The van der Waals surface area contributed by atoms with Crippen LogP contribution in [-0.4, -0.2) is 22.5 Å². The lowest BCUT2D eigenvalue weighted by atomic mass is 9.97. The van der Waals surface area contributed by atoms with Crippen LogP contribution in [-0.2, 0) is 4.74 Å². The van der Waals surface area contributed by atoms with E-state index in [4.69, 9.17) is 4.74 Å². The summed E-state index contributed by atoms with van der Waals surface area (Å²) in [6.07, 6.45) is -1.37. The van der Waals surface area contributed by atoms with Crippen molar-refractivity contribution in [3.8, 4) is 0 Å². The van der Waals surface area contributed by atoms with Crippen LogP contribution in [0.4, 0.5) is 5.69 Å². The van der Waals surface area contributed by atoms with Crippen molar-refractivity contribution >= 4 is 23.2 Å². The SMILES string of the molecule is O=C(O[C@@H](C(=O)c1ccccc1)c1ccc([N+](=O)[O-])cc1)c1ccccc1C(=O)c1ccccc1. The highest BCUT2D eigenvalue weighted by molar-refractivity contribution is 6.14. The molecule has 7 nitrogen and oxygen atoms in total. The van der Waals surface area contributed by atoms with Gasteiger partial charge in [0.25, 0.3) is 5.69 Å². The second-order valence-corrected chi connectivity index (χ2v) is 7.60. The summed E-state index contributed by atoms with van der Waals surface area (Å²) in [5.74, 6) is -1.73. The van der Waals surface area contributed by atoms with Gasteiger partial charge < -0.3 is 4.74 Å². The molecule has 0 N–H and O–H groups in total. The maximum Gasteiger partial charge on any atom is 0.339 e. The summed E-state index contributed by atoms with van der Waals surface area (Å²) >= 11 is 0. The predicted octanol–water partition coefficient (Wildman–Crippen LogP) is 5.61. The van der Waals surface area contributed by atoms with Gasteiger partial charge in [0.2, 0.25) is 5.78 Å². The third kappa shape index (κ3) is 5.20. The molecule has 0 saturated heterocycles. The molecule has 0 spiro atoms. The molecule has 0 saturated carbocycles. The first-order chi connectivity index (χ1) is 17.0. The predicted molar refractivity (Wildman–Crippen MR) is 128 cm³/mol. The first-order valence-electron chi connectivity index (χ1n) is 10.7. The minimum atomic E-state index is -1.37. The second-order valence-electron chi connectivity index (χ2n) is 7.60. The first kappa shape index (κ1) is 23.3. The van der Waals surface area contributed by atoms with Crippen LogP contribution in [0.1, 0.15) is 48.3 Å². The van der Waals surface area contributed by atoms with Crippen molar-refractivity contribution in [1.29, 1.82) is 0 Å². The Morgan fingerprint density at radius 1 is 0.657 bits per heavy atom. The molecule has 35 heavy (non-hydrogen) atoms. The number of hydrogen-bond acceptors (Lipinski definition) is 6. The van der Waals surface area contributed by atoms with Crippen molar-refractivity contribution in [3.05, 3.63) is 147 Å². The van der Waals surface area contributed by atoms with Crippen molar-refractivity contribution in [2.75, 3.05) is 0 Å². The van der Waals surface area contributed by atoms with Gasteiger partial charge in [-0.15, -0.1) is 0 Å². The first-order valence-corrected chi connectivity index (χ1v) is 10.7. The molecular formula is C28H19NO6. The van der Waals surface area contributed by atoms with Gasteiger partial charge in [0.1, 0.15) is 0 Å². The molecule has 4 rings (SSSR count). The number of ketones is 2. The molecule has 0 radical (unpaired) electrons. The zero-order chi connectivity index (χ0) is 24.8. The van der Waals surface area contributed by atoms with Gasteiger partial charge in [-0.3, -0.25) is 19.7 Å². The van der Waals surface area contributed by atoms with Gasteiger partial charge in [-0.25, -0.2) is 4.79 Å². The molecule has 0 aliphatic rings. The summed E-state index contributed by atoms with van der Waals surface area (Å²) in [5.41, 5.74) is 0.958. The molecule has 1 atom stereocenters. The van der Waals surface area contributed by atoms with Crippen molar-refractivity contribution in [2.24, 2.45) is 0 Å². The van der Waals surface area contributed by atoms with Crippen LogP contribution in [0.15, 0.2) is 109 Å². The van der Waals surface area contributed by atoms with Crippen molar-refractivity contribution in [3.63, 3.8) is 0 Å². The van der Waals surface area contributed by atoms with Gasteiger partial charge in [-0.1, -0.05) is 78.9 Å². The van der Waals surface area contributed by atoms with E-state index in [9.17, 15) is 24.5 Å². The molecule has 0 amide bonds. The quantitative estimate of drug-likeness (QED) is 0.145. The number of rotatable bonds is 8. The summed E-state index contributed by atoms with van der Waals surface area (Å²) < 4.78 is 5.66. The number of carbonyl (C=O) groups excluding carboxylic acids is 3. The van der Waals surface area contributed by atoms with Gasteiger partial charge >= 0.3 is 5.97 Å². The average molecular weight is 465 g/mol. The van der Waals surface area contributed by atoms with E-state index in [0.717, 1.165) is 0 Å². The Kier molecular flexibility index (Phi) is 6.88. The summed E-state index contributed by atoms with van der Waals surface area (Å²) in [5, 5.41) is 11.0. The van der Waals surface area contributed by atoms with Crippen LogP contribution in [0.5, 0.6) is 0 Å². The number of non-ortho nitro benzene ring substituents is 1. The minimum absolute atomic E-state index is 0.00845. The Hall–Kier alpha value is -4.91. The number of Topliss-reactive ketones (excluding diaryl/α,β-unsaturated/α-hetero) is 1. The third-order valence-corrected chi connectivity index (χ3v) is 5.36. The fourth-order valence-electron chi connectivity index (χ4n) is 3.57. The Balaban J connectivity index is 1.70. The molecule has 0 bridgehead atoms. The van der Waals surface area contributed by atoms with E-state index in [0.29, 0.717) is 11.1 Å². The highest BCUT2D eigenvalue weighted by Gasteiger charge is 2.29. The fraction of sp³-hybridized carbons (Fsp3) is 0.0357. The molecule has 7 heteroatoms. The molecule has 0 aromatic heterocycles. The summed E-state index contributed by atoms with van der Waals surface area (Å²) in [7, 11) is 0. The van der Waals surface area contributed by atoms with Crippen molar-refractivity contribution in [1.82, 2.24) is 0 Å². The number of benzene rings is 4. The van der Waals surface area contributed by atoms with Gasteiger partial charge in [0.05, 0.1) is 10.5 Å². The van der Waals surface area contributed by atoms with Crippen LogP contribution in [0.25, 0.3) is 0 Å². The standard InChI is InChI=1S/C28H19NO6/c30-25(19-9-3-1-4-10-19)23-13-7-8-14-24(23)28(32)35-27(26(31)20-11-5-2-6-12-20)21-15-17-22(18-16-21)29(33)34/h1-18,27H/t27-/m1/s1. The highest BCUT2D eigenvalue weighted by Crippen LogP contribution is 2.27. The number of nitro groups is 1. The molecule has 0 heterocycles. The van der Waals surface area contributed by atoms with E-state index in [1.54, 1.807) is 72.8 Å². The molecule has 0 aliphatic heterocycles. The van der Waals surface area contributed by atoms with E-state index in [1.807, 2.05) is 0 Å². The van der Waals surface area contributed by atoms with E-state index in [1.165, 1.54) is 36.4 Å². The molecule has 0 fully saturated rings. The molecule has 4 aromatic carbocycles. The second kappa shape index (κ2) is 10.4. The smallest absolute Gasteiger partial charge is 0.339 e. The van der Waals surface area contributed by atoms with Crippen molar-refractivity contribution < 1.29 is 24.0 Å². The molecular weight excluding hydrogens is 446 g/mol. The van der Waals surface area contributed by atoms with Gasteiger partial charge in [0.15, 0.2) is 11.9 Å². The number of hydrogen-bond donors (Lipinski definition) is 0. The van der Waals surface area contributed by atoms with Crippen LogP contribution in [0.2, 0.25) is 0 Å². The topological polar surface area (TPSA) is 104 Å². The lowest BCUT2D eigenvalue weighted by molar-refractivity contribution is -0.384. The minimum Gasteiger partial charge on any atom is -0.445 e. The third-order valence-electron chi connectivity index (χ3n) is 5.36. The monoisotopic (exact) mass is 465 g/mol. The van der Waals surface area contributed by atoms with Crippen LogP contribution < -0.4 is 0 Å². The van der Waals surface area contributed by atoms with Gasteiger partial charge in [0, 0.05) is 34.4 Å². The summed E-state index contributed by atoms with van der Waals surface area (Å²) in [6.45, 7) is 0. The highest BCUT2D eigenvalue weighted by atomic mass is 16.6. The molecule has 0 aliphatic carbocycles. The zero-order valence-corrected chi connectivity index (χ0v) is 18.4. The van der Waals surface area contributed by atoms with E-state index >= 15 is 0 Å². The van der Waals surface area contributed by atoms with E-state index < -0.39 is 22.8 Å². The Morgan fingerprint density at radius 3 is 1.74 bits per heavy atom. The lowest BCUT2D eigenvalue weighted by Crippen LogP contribution is -2.22. The Morgan fingerprint density at radius 2 is 1.17 bits per heavy atom. The van der Waals surface area contributed by atoms with Crippen LogP contribution >= 0.6 is 0 Å². The summed E-state index contributed by atoms with van der Waals surface area (Å²) in [6, 6.07) is 28.2. The average Bonchev–Trinajstić information content (AvgIpc) is 2.92.